The summed E-state index contributed by atoms with van der Waals surface area (Å²) in [7, 11) is 1.69. The number of aryl methyl sites for hydroxylation is 3. The largest absolute Gasteiger partial charge is 0.456 e. The first kappa shape index (κ1) is 35.7. The van der Waals surface area contributed by atoms with Gasteiger partial charge in [0.05, 0.1) is 0 Å². The van der Waals surface area contributed by atoms with Crippen molar-refractivity contribution in [1.82, 2.24) is 24.7 Å². The Morgan fingerprint density at radius 1 is 0.961 bits per heavy atom. The first-order chi connectivity index (χ1) is 24.6. The number of hydrogen-bond donors (Lipinski definition) is 2. The molecule has 1 atom stereocenters. The van der Waals surface area contributed by atoms with Crippen molar-refractivity contribution in [3.8, 4) is 22.6 Å². The molecule has 51 heavy (non-hydrogen) atoms. The Hall–Kier alpha value is -5.15. The maximum atomic E-state index is 14.6. The number of para-hydroxylation sites is 1. The van der Waals surface area contributed by atoms with Gasteiger partial charge >= 0.3 is 0 Å². The fraction of sp³-hybridized carbons (Fsp3) is 0.357. The lowest BCUT2D eigenvalue weighted by Gasteiger charge is -2.31. The Balaban J connectivity index is 1.43. The van der Waals surface area contributed by atoms with Crippen molar-refractivity contribution in [2.75, 3.05) is 32.7 Å². The zero-order valence-corrected chi connectivity index (χ0v) is 30.4. The number of rotatable bonds is 13. The first-order valence-corrected chi connectivity index (χ1v) is 18.1. The highest BCUT2D eigenvalue weighted by atomic mass is 16.5. The second kappa shape index (κ2) is 15.8. The number of carbonyl (C=O) groups is 2. The number of aromatic amines is 1. The molecule has 6 rings (SSSR count). The topological polar surface area (TPSA) is 99.7 Å². The highest BCUT2D eigenvalue weighted by Gasteiger charge is 2.25. The van der Waals surface area contributed by atoms with Crippen LogP contribution in [0.25, 0.3) is 22.0 Å². The molecule has 1 aliphatic heterocycles. The average Bonchev–Trinajstić information content (AvgIpc) is 3.82. The summed E-state index contributed by atoms with van der Waals surface area (Å²) < 4.78 is 8.26. The molecule has 9 heteroatoms. The molecule has 1 aliphatic rings. The minimum absolute atomic E-state index is 0.0306. The monoisotopic (exact) mass is 687 g/mol. The van der Waals surface area contributed by atoms with E-state index in [-0.39, 0.29) is 23.4 Å². The molecule has 3 aromatic carbocycles. The van der Waals surface area contributed by atoms with Crippen LogP contribution in [0.5, 0.6) is 11.5 Å². The highest BCUT2D eigenvalue weighted by Crippen LogP contribution is 2.39. The second-order valence-corrected chi connectivity index (χ2v) is 13.8. The van der Waals surface area contributed by atoms with Crippen molar-refractivity contribution in [2.45, 2.75) is 59.4 Å². The van der Waals surface area contributed by atoms with Gasteiger partial charge in [0.25, 0.3) is 17.4 Å². The third-order valence-electron chi connectivity index (χ3n) is 9.93. The van der Waals surface area contributed by atoms with Crippen molar-refractivity contribution in [3.05, 3.63) is 117 Å². The number of hydrogen-bond acceptors (Lipinski definition) is 5. The Labute approximate surface area is 300 Å². The van der Waals surface area contributed by atoms with E-state index in [1.54, 1.807) is 19.3 Å². The predicted molar refractivity (Wildman–Crippen MR) is 204 cm³/mol. The summed E-state index contributed by atoms with van der Waals surface area (Å²) in [5.74, 6) is 0.862. The number of H-pyrrole nitrogens is 1. The lowest BCUT2D eigenvalue weighted by Crippen LogP contribution is -2.41. The van der Waals surface area contributed by atoms with Gasteiger partial charge in [-0.2, -0.15) is 0 Å². The summed E-state index contributed by atoms with van der Waals surface area (Å²) in [5, 5.41) is 3.41. The smallest absolute Gasteiger partial charge is 0.274 e. The van der Waals surface area contributed by atoms with Crippen molar-refractivity contribution in [3.63, 3.8) is 0 Å². The zero-order chi connectivity index (χ0) is 36.1. The molecule has 2 aromatic heterocycles. The molecule has 0 aliphatic carbocycles. The summed E-state index contributed by atoms with van der Waals surface area (Å²) in [6.45, 7) is 12.3. The molecule has 0 spiro atoms. The van der Waals surface area contributed by atoms with E-state index in [0.29, 0.717) is 57.9 Å². The number of aromatic nitrogens is 2. The molecule has 3 heterocycles. The number of amides is 2. The number of nitrogens with one attached hydrogen (secondary N) is 2. The first-order valence-electron chi connectivity index (χ1n) is 18.1. The highest BCUT2D eigenvalue weighted by molar-refractivity contribution is 6.04. The van der Waals surface area contributed by atoms with Gasteiger partial charge in [0.2, 0.25) is 0 Å². The number of likely N-dealkylation sites (tertiary alicyclic amines) is 1. The second-order valence-electron chi connectivity index (χ2n) is 13.8. The minimum atomic E-state index is -0.288. The molecular weight excluding hydrogens is 638 g/mol. The van der Waals surface area contributed by atoms with Gasteiger partial charge in [-0.3, -0.25) is 14.4 Å². The van der Waals surface area contributed by atoms with Crippen LogP contribution in [0, 0.1) is 13.8 Å². The Morgan fingerprint density at radius 2 is 1.69 bits per heavy atom. The Morgan fingerprint density at radius 3 is 2.39 bits per heavy atom. The van der Waals surface area contributed by atoms with Gasteiger partial charge in [0, 0.05) is 54.5 Å². The van der Waals surface area contributed by atoms with Crippen LogP contribution in [0.3, 0.4) is 0 Å². The molecule has 2 N–H and O–H groups in total. The van der Waals surface area contributed by atoms with E-state index in [2.05, 4.69) is 34.3 Å². The molecule has 266 valence electrons. The minimum Gasteiger partial charge on any atom is -0.456 e. The number of pyridine rings is 1. The molecule has 1 saturated heterocycles. The van der Waals surface area contributed by atoms with E-state index < -0.39 is 0 Å². The summed E-state index contributed by atoms with van der Waals surface area (Å²) in [5.41, 5.74) is 5.43. The quantitative estimate of drug-likeness (QED) is 0.136. The van der Waals surface area contributed by atoms with Crippen molar-refractivity contribution < 1.29 is 14.3 Å². The Bertz CT molecular complexity index is 2060. The van der Waals surface area contributed by atoms with E-state index in [9.17, 15) is 14.4 Å². The number of benzene rings is 3. The van der Waals surface area contributed by atoms with Gasteiger partial charge in [0.1, 0.15) is 22.7 Å². The van der Waals surface area contributed by atoms with E-state index in [4.69, 9.17) is 4.74 Å². The van der Waals surface area contributed by atoms with Crippen LogP contribution in [0.1, 0.15) is 70.6 Å². The lowest BCUT2D eigenvalue weighted by atomic mass is 9.99. The lowest BCUT2D eigenvalue weighted by molar-refractivity contribution is 0.0683. The Kier molecular flexibility index (Phi) is 11.1. The van der Waals surface area contributed by atoms with Crippen molar-refractivity contribution in [2.24, 2.45) is 7.05 Å². The number of fused-ring (bicyclic) bond motifs is 1. The molecule has 0 radical (unpaired) electrons. The molecule has 0 saturated carbocycles. The third-order valence-corrected chi connectivity index (χ3v) is 9.93. The van der Waals surface area contributed by atoms with Crippen LogP contribution >= 0.6 is 0 Å². The van der Waals surface area contributed by atoms with Crippen molar-refractivity contribution in [1.29, 1.82) is 0 Å². The summed E-state index contributed by atoms with van der Waals surface area (Å²) >= 11 is 0. The van der Waals surface area contributed by atoms with E-state index in [1.807, 2.05) is 80.3 Å². The maximum Gasteiger partial charge on any atom is 0.274 e. The summed E-state index contributed by atoms with van der Waals surface area (Å²) in [4.78, 5) is 48.2. The van der Waals surface area contributed by atoms with Crippen LogP contribution in [0.15, 0.2) is 83.8 Å². The van der Waals surface area contributed by atoms with Gasteiger partial charge < -0.3 is 29.4 Å². The molecule has 9 nitrogen and oxygen atoms in total. The average molecular weight is 688 g/mol. The molecule has 1 unspecified atom stereocenters. The zero-order valence-electron chi connectivity index (χ0n) is 30.4. The van der Waals surface area contributed by atoms with E-state index >= 15 is 0 Å². The molecule has 5 aromatic rings. The van der Waals surface area contributed by atoms with Crippen LogP contribution in [-0.2, 0) is 13.5 Å². The standard InChI is InChI=1S/C42H49N5O4/c1-6-43-40(48)36-26-34-35(27-45(5)42(50)38(34)44-36)33-19-18-32(25-37(33)51-39-28(2)14-12-15-29(39)3)41(49)47(23-13-22-46-20-10-11-21-46)30(4)24-31-16-8-7-9-17-31/h7-9,12,14-19,25-27,30,44H,6,10-11,13,20-24H2,1-5H3,(H,43,48). The summed E-state index contributed by atoms with van der Waals surface area (Å²) in [6.07, 6.45) is 5.88. The SMILES string of the molecule is CCNC(=O)c1cc2c(-c3ccc(C(=O)N(CCCN4CCCC4)C(C)Cc4ccccc4)cc3Oc3c(C)cccc3C)cn(C)c(=O)c2[nH]1. The van der Waals surface area contributed by atoms with Gasteiger partial charge in [-0.1, -0.05) is 48.5 Å². The maximum absolute atomic E-state index is 14.6. The normalized spacial score (nSPS) is 13.7. The molecule has 0 bridgehead atoms. The van der Waals surface area contributed by atoms with Gasteiger partial charge in [-0.25, -0.2) is 0 Å². The van der Waals surface area contributed by atoms with Crippen LogP contribution < -0.4 is 15.6 Å². The van der Waals surface area contributed by atoms with Gasteiger partial charge in [0.15, 0.2) is 0 Å². The van der Waals surface area contributed by atoms with E-state index in [1.165, 1.54) is 23.0 Å². The fourth-order valence-corrected chi connectivity index (χ4v) is 7.18. The van der Waals surface area contributed by atoms with Crippen LogP contribution in [0.4, 0.5) is 0 Å². The van der Waals surface area contributed by atoms with Crippen LogP contribution in [0.2, 0.25) is 0 Å². The predicted octanol–water partition coefficient (Wildman–Crippen LogP) is 7.25. The van der Waals surface area contributed by atoms with Crippen molar-refractivity contribution >= 4 is 22.7 Å². The van der Waals surface area contributed by atoms with E-state index in [0.717, 1.165) is 43.6 Å². The number of ether oxygens (including phenoxy) is 1. The number of carbonyl (C=O) groups excluding carboxylic acids is 2. The molecule has 1 fully saturated rings. The number of nitrogens with zero attached hydrogens (tertiary/aromatic N) is 3. The van der Waals surface area contributed by atoms with Crippen LogP contribution in [-0.4, -0.2) is 69.9 Å². The molecular formula is C42H49N5O4. The van der Waals surface area contributed by atoms with Gasteiger partial charge in [-0.15, -0.1) is 0 Å². The summed E-state index contributed by atoms with van der Waals surface area (Å²) in [6, 6.07) is 23.6. The fourth-order valence-electron chi connectivity index (χ4n) is 7.18. The van der Waals surface area contributed by atoms with Gasteiger partial charge in [-0.05, 0) is 114 Å². The third kappa shape index (κ3) is 7.94. The molecule has 2 amide bonds.